The summed E-state index contributed by atoms with van der Waals surface area (Å²) in [5.41, 5.74) is 6.05. The van der Waals surface area contributed by atoms with E-state index in [2.05, 4.69) is 52.5 Å². The van der Waals surface area contributed by atoms with Crippen molar-refractivity contribution in [1.82, 2.24) is 9.47 Å². The summed E-state index contributed by atoms with van der Waals surface area (Å²) in [6.45, 7) is 9.30. The number of oxazole rings is 1. The highest BCUT2D eigenvalue weighted by Crippen LogP contribution is 2.24. The van der Waals surface area contributed by atoms with Crippen LogP contribution in [0.3, 0.4) is 0 Å². The Morgan fingerprint density at radius 1 is 0.960 bits per heavy atom. The number of hydrogen-bond acceptors (Lipinski definition) is 4. The predicted octanol–water partition coefficient (Wildman–Crippen LogP) is 4.36. The van der Waals surface area contributed by atoms with E-state index in [9.17, 15) is 0 Å². The molecular weight excluding hydrogens is 330 g/mol. The lowest BCUT2D eigenvalue weighted by molar-refractivity contribution is 0.204. The zero-order chi connectivity index (χ0) is 17.4. The maximum absolute atomic E-state index is 5.70. The zero-order valence-corrected chi connectivity index (χ0v) is 15.6. The second-order valence-corrected chi connectivity index (χ2v) is 7.08. The van der Waals surface area contributed by atoms with Crippen molar-refractivity contribution in [2.45, 2.75) is 20.5 Å². The molecule has 0 bridgehead atoms. The van der Waals surface area contributed by atoms with Crippen LogP contribution in [0.4, 0.5) is 5.69 Å². The van der Waals surface area contributed by atoms with Crippen molar-refractivity contribution in [3.63, 3.8) is 0 Å². The molecule has 1 aliphatic heterocycles. The minimum Gasteiger partial charge on any atom is -0.429 e. The quantitative estimate of drug-likeness (QED) is 0.653. The molecule has 1 fully saturated rings. The smallest absolute Gasteiger partial charge is 0.270 e. The van der Waals surface area contributed by atoms with Crippen LogP contribution in [-0.2, 0) is 6.67 Å². The zero-order valence-electron chi connectivity index (χ0n) is 14.7. The van der Waals surface area contributed by atoms with Crippen LogP contribution in [0, 0.1) is 18.7 Å². The van der Waals surface area contributed by atoms with Crippen LogP contribution in [0.1, 0.15) is 11.1 Å². The number of rotatable bonds is 3. The molecule has 4 nitrogen and oxygen atoms in total. The average Bonchev–Trinajstić information content (AvgIpc) is 2.94. The third kappa shape index (κ3) is 3.10. The SMILES string of the molecule is Cc1cccc(N2CCN(Cn3c(=S)oc4ccccc43)CC2)c1C. The van der Waals surface area contributed by atoms with Crippen molar-refractivity contribution in [3.8, 4) is 0 Å². The second-order valence-electron chi connectivity index (χ2n) is 6.73. The average molecular weight is 353 g/mol. The number of hydrogen-bond donors (Lipinski definition) is 0. The van der Waals surface area contributed by atoms with Crippen LogP contribution in [0.25, 0.3) is 11.1 Å². The maximum Gasteiger partial charge on any atom is 0.270 e. The number of benzene rings is 2. The fourth-order valence-corrected chi connectivity index (χ4v) is 3.80. The molecule has 0 amide bonds. The van der Waals surface area contributed by atoms with Crippen molar-refractivity contribution >= 4 is 29.0 Å². The number of fused-ring (bicyclic) bond motifs is 1. The van der Waals surface area contributed by atoms with Gasteiger partial charge in [0.05, 0.1) is 12.2 Å². The third-order valence-electron chi connectivity index (χ3n) is 5.20. The lowest BCUT2D eigenvalue weighted by atomic mass is 10.1. The number of para-hydroxylation sites is 2. The van der Waals surface area contributed by atoms with Gasteiger partial charge in [0.25, 0.3) is 4.84 Å². The fraction of sp³-hybridized carbons (Fsp3) is 0.350. The molecular formula is C20H23N3OS. The molecule has 25 heavy (non-hydrogen) atoms. The molecule has 1 aliphatic rings. The van der Waals surface area contributed by atoms with E-state index >= 15 is 0 Å². The molecule has 130 valence electrons. The predicted molar refractivity (Wildman–Crippen MR) is 105 cm³/mol. The van der Waals surface area contributed by atoms with Gasteiger partial charge >= 0.3 is 0 Å². The van der Waals surface area contributed by atoms with Crippen LogP contribution < -0.4 is 4.90 Å². The van der Waals surface area contributed by atoms with Crippen LogP contribution in [0.5, 0.6) is 0 Å². The summed E-state index contributed by atoms with van der Waals surface area (Å²) in [6, 6.07) is 14.6. The van der Waals surface area contributed by atoms with Crippen LogP contribution >= 0.6 is 12.2 Å². The van der Waals surface area contributed by atoms with Gasteiger partial charge in [-0.2, -0.15) is 0 Å². The number of nitrogens with zero attached hydrogens (tertiary/aromatic N) is 3. The first kappa shape index (κ1) is 16.4. The normalized spacial score (nSPS) is 15.8. The fourth-order valence-electron chi connectivity index (χ4n) is 3.56. The maximum atomic E-state index is 5.70. The van der Waals surface area contributed by atoms with Gasteiger partial charge in [-0.15, -0.1) is 0 Å². The minimum atomic E-state index is 0.554. The van der Waals surface area contributed by atoms with Gasteiger partial charge in [0.15, 0.2) is 5.58 Å². The summed E-state index contributed by atoms with van der Waals surface area (Å²) in [6.07, 6.45) is 0. The Bertz CT molecular complexity index is 951. The summed E-state index contributed by atoms with van der Waals surface area (Å²) in [4.78, 5) is 5.49. The summed E-state index contributed by atoms with van der Waals surface area (Å²) in [5.74, 6) is 0. The Morgan fingerprint density at radius 3 is 2.52 bits per heavy atom. The molecule has 0 saturated carbocycles. The van der Waals surface area contributed by atoms with Gasteiger partial charge < -0.3 is 9.32 Å². The molecule has 2 aromatic carbocycles. The van der Waals surface area contributed by atoms with Crippen molar-refractivity contribution in [2.24, 2.45) is 0 Å². The molecule has 0 N–H and O–H groups in total. The van der Waals surface area contributed by atoms with Gasteiger partial charge in [-0.3, -0.25) is 9.47 Å². The van der Waals surface area contributed by atoms with E-state index in [4.69, 9.17) is 16.6 Å². The van der Waals surface area contributed by atoms with E-state index in [1.54, 1.807) is 0 Å². The summed E-state index contributed by atoms with van der Waals surface area (Å²) < 4.78 is 7.80. The van der Waals surface area contributed by atoms with E-state index in [-0.39, 0.29) is 0 Å². The lowest BCUT2D eigenvalue weighted by Gasteiger charge is -2.37. The molecule has 0 spiro atoms. The minimum absolute atomic E-state index is 0.554. The molecule has 2 heterocycles. The van der Waals surface area contributed by atoms with Gasteiger partial charge in [-0.05, 0) is 55.4 Å². The van der Waals surface area contributed by atoms with E-state index in [1.807, 2.05) is 18.2 Å². The highest BCUT2D eigenvalue weighted by Gasteiger charge is 2.20. The summed E-state index contributed by atoms with van der Waals surface area (Å²) >= 11 is 5.41. The number of aromatic nitrogens is 1. The van der Waals surface area contributed by atoms with E-state index in [1.165, 1.54) is 16.8 Å². The molecule has 3 aromatic rings. The van der Waals surface area contributed by atoms with Gasteiger partial charge in [0.1, 0.15) is 0 Å². The van der Waals surface area contributed by atoms with Crippen LogP contribution in [-0.4, -0.2) is 35.6 Å². The first-order valence-electron chi connectivity index (χ1n) is 8.75. The van der Waals surface area contributed by atoms with Gasteiger partial charge in [0.2, 0.25) is 0 Å². The second kappa shape index (κ2) is 6.65. The van der Waals surface area contributed by atoms with Crippen LogP contribution in [0.15, 0.2) is 46.9 Å². The lowest BCUT2D eigenvalue weighted by Crippen LogP contribution is -2.47. The Morgan fingerprint density at radius 2 is 1.72 bits per heavy atom. The van der Waals surface area contributed by atoms with Crippen molar-refractivity contribution in [2.75, 3.05) is 31.1 Å². The molecule has 1 saturated heterocycles. The van der Waals surface area contributed by atoms with Crippen molar-refractivity contribution in [1.29, 1.82) is 0 Å². The highest BCUT2D eigenvalue weighted by atomic mass is 32.1. The molecule has 0 atom stereocenters. The van der Waals surface area contributed by atoms with Gasteiger partial charge in [-0.25, -0.2) is 0 Å². The summed E-state index contributed by atoms with van der Waals surface area (Å²) in [5, 5.41) is 0. The Hall–Kier alpha value is -2.11. The van der Waals surface area contributed by atoms with Crippen molar-refractivity contribution in [3.05, 3.63) is 58.4 Å². The molecule has 5 heteroatoms. The molecule has 1 aromatic heterocycles. The third-order valence-corrected chi connectivity index (χ3v) is 5.51. The van der Waals surface area contributed by atoms with Gasteiger partial charge in [-0.1, -0.05) is 24.3 Å². The first-order chi connectivity index (χ1) is 12.1. The topological polar surface area (TPSA) is 24.6 Å². The first-order valence-corrected chi connectivity index (χ1v) is 9.16. The number of aryl methyl sites for hydroxylation is 1. The largest absolute Gasteiger partial charge is 0.429 e. The highest BCUT2D eigenvalue weighted by molar-refractivity contribution is 7.71. The Labute approximate surface area is 153 Å². The van der Waals surface area contributed by atoms with Gasteiger partial charge in [0, 0.05) is 31.9 Å². The molecule has 0 unspecified atom stereocenters. The van der Waals surface area contributed by atoms with E-state index in [0.29, 0.717) is 4.84 Å². The van der Waals surface area contributed by atoms with Crippen molar-refractivity contribution < 1.29 is 4.42 Å². The molecule has 4 rings (SSSR count). The van der Waals surface area contributed by atoms with E-state index in [0.717, 1.165) is 43.9 Å². The standard InChI is InChI=1S/C20H23N3OS/c1-15-6-5-8-17(16(15)2)22-12-10-21(11-13-22)14-23-18-7-3-4-9-19(18)24-20(23)25/h3-9H,10-14H2,1-2H3. The number of piperazine rings is 1. The Balaban J connectivity index is 1.48. The summed E-state index contributed by atoms with van der Waals surface area (Å²) in [7, 11) is 0. The number of anilines is 1. The molecule has 0 radical (unpaired) electrons. The van der Waals surface area contributed by atoms with E-state index < -0.39 is 0 Å². The Kier molecular flexibility index (Phi) is 4.36. The van der Waals surface area contributed by atoms with Crippen LogP contribution in [0.2, 0.25) is 0 Å². The molecule has 0 aliphatic carbocycles. The monoisotopic (exact) mass is 353 g/mol.